The van der Waals surface area contributed by atoms with Crippen molar-refractivity contribution < 1.29 is 14.6 Å². The zero-order chi connectivity index (χ0) is 9.26. The van der Waals surface area contributed by atoms with E-state index in [9.17, 15) is 0 Å². The van der Waals surface area contributed by atoms with Gasteiger partial charge in [-0.25, -0.2) is 0 Å². The first-order chi connectivity index (χ1) is 6.31. The molecule has 2 rings (SSSR count). The minimum Gasteiger partial charge on any atom is -0.454 e. The fraction of sp³-hybridized carbons (Fsp3) is 0.333. The van der Waals surface area contributed by atoms with E-state index in [1.54, 1.807) is 12.1 Å². The lowest BCUT2D eigenvalue weighted by Gasteiger charge is -2.08. The molecule has 0 aromatic heterocycles. The van der Waals surface area contributed by atoms with Crippen molar-refractivity contribution in [1.82, 2.24) is 0 Å². The zero-order valence-electron chi connectivity index (χ0n) is 7.06. The number of hydrogen-bond donors (Lipinski definition) is 2. The summed E-state index contributed by atoms with van der Waals surface area (Å²) >= 11 is 0. The summed E-state index contributed by atoms with van der Waals surface area (Å²) in [7, 11) is 0. The normalized spacial score (nSPS) is 15.8. The molecule has 4 heteroatoms. The molecule has 0 aliphatic carbocycles. The Balaban J connectivity index is 2.30. The topological polar surface area (TPSA) is 64.7 Å². The Morgan fingerprint density at radius 3 is 2.92 bits per heavy atom. The van der Waals surface area contributed by atoms with E-state index < -0.39 is 0 Å². The van der Waals surface area contributed by atoms with Gasteiger partial charge in [0, 0.05) is 0 Å². The van der Waals surface area contributed by atoms with Crippen molar-refractivity contribution >= 4 is 0 Å². The molecule has 1 aliphatic heterocycles. The molecule has 70 valence electrons. The highest BCUT2D eigenvalue weighted by atomic mass is 16.7. The highest BCUT2D eigenvalue weighted by Gasteiger charge is 2.15. The third-order valence-electron chi connectivity index (χ3n) is 2.02. The predicted molar refractivity (Wildman–Crippen MR) is 46.6 cm³/mol. The maximum atomic E-state index is 8.84. The van der Waals surface area contributed by atoms with Crippen LogP contribution < -0.4 is 15.2 Å². The van der Waals surface area contributed by atoms with Crippen LogP contribution in [-0.4, -0.2) is 18.5 Å². The summed E-state index contributed by atoms with van der Waals surface area (Å²) < 4.78 is 10.3. The van der Waals surface area contributed by atoms with Crippen LogP contribution in [0.5, 0.6) is 11.5 Å². The van der Waals surface area contributed by atoms with E-state index in [0.29, 0.717) is 5.75 Å². The van der Waals surface area contributed by atoms with E-state index in [-0.39, 0.29) is 19.4 Å². The van der Waals surface area contributed by atoms with Gasteiger partial charge in [0.15, 0.2) is 11.5 Å². The van der Waals surface area contributed by atoms with Crippen molar-refractivity contribution in [3.8, 4) is 11.5 Å². The van der Waals surface area contributed by atoms with Gasteiger partial charge in [0.2, 0.25) is 6.79 Å². The molecule has 1 atom stereocenters. The van der Waals surface area contributed by atoms with Crippen LogP contribution in [0.25, 0.3) is 0 Å². The van der Waals surface area contributed by atoms with Gasteiger partial charge in [-0.15, -0.1) is 0 Å². The number of fused-ring (bicyclic) bond motifs is 1. The number of hydrogen-bond acceptors (Lipinski definition) is 4. The van der Waals surface area contributed by atoms with E-state index in [2.05, 4.69) is 0 Å². The molecule has 0 radical (unpaired) electrons. The Kier molecular flexibility index (Phi) is 2.08. The predicted octanol–water partition coefficient (Wildman–Crippen LogP) is 0.407. The van der Waals surface area contributed by atoms with Gasteiger partial charge in [-0.05, 0) is 17.7 Å². The third kappa shape index (κ3) is 1.46. The standard InChI is InChI=1S/C9H11NO3/c10-7(4-11)6-1-2-8-9(3-6)13-5-12-8/h1-3,7,11H,4-5,10H2/t7-/m1/s1. The lowest BCUT2D eigenvalue weighted by molar-refractivity contribution is 0.174. The maximum Gasteiger partial charge on any atom is 0.231 e. The summed E-state index contributed by atoms with van der Waals surface area (Å²) in [6.07, 6.45) is 0. The summed E-state index contributed by atoms with van der Waals surface area (Å²) in [5, 5.41) is 8.84. The number of rotatable bonds is 2. The largest absolute Gasteiger partial charge is 0.454 e. The van der Waals surface area contributed by atoms with Crippen LogP contribution in [0, 0.1) is 0 Å². The second-order valence-corrected chi connectivity index (χ2v) is 2.90. The molecule has 0 bridgehead atoms. The van der Waals surface area contributed by atoms with Crippen LogP contribution in [-0.2, 0) is 0 Å². The lowest BCUT2D eigenvalue weighted by Crippen LogP contribution is -2.14. The van der Waals surface area contributed by atoms with Crippen LogP contribution in [0.4, 0.5) is 0 Å². The van der Waals surface area contributed by atoms with E-state index in [4.69, 9.17) is 20.3 Å². The molecule has 0 amide bonds. The molecule has 0 fully saturated rings. The van der Waals surface area contributed by atoms with Gasteiger partial charge in [0.1, 0.15) is 0 Å². The minimum atomic E-state index is -0.352. The van der Waals surface area contributed by atoms with Crippen LogP contribution in [0.15, 0.2) is 18.2 Å². The molecule has 1 aromatic rings. The first kappa shape index (κ1) is 8.34. The van der Waals surface area contributed by atoms with Crippen LogP contribution >= 0.6 is 0 Å². The van der Waals surface area contributed by atoms with E-state index >= 15 is 0 Å². The number of ether oxygens (including phenoxy) is 2. The molecule has 1 aromatic carbocycles. The van der Waals surface area contributed by atoms with E-state index in [0.717, 1.165) is 11.3 Å². The lowest BCUT2D eigenvalue weighted by atomic mass is 10.1. The first-order valence-corrected chi connectivity index (χ1v) is 4.07. The molecule has 0 spiro atoms. The summed E-state index contributed by atoms with van der Waals surface area (Å²) in [5.74, 6) is 1.43. The summed E-state index contributed by atoms with van der Waals surface area (Å²) in [6.45, 7) is 0.187. The van der Waals surface area contributed by atoms with Gasteiger partial charge >= 0.3 is 0 Å². The Labute approximate surface area is 75.9 Å². The van der Waals surface area contributed by atoms with Gasteiger partial charge in [-0.1, -0.05) is 6.07 Å². The smallest absolute Gasteiger partial charge is 0.231 e. The highest BCUT2D eigenvalue weighted by Crippen LogP contribution is 2.33. The quantitative estimate of drug-likeness (QED) is 0.693. The second kappa shape index (κ2) is 3.24. The molecule has 3 N–H and O–H groups in total. The van der Waals surface area contributed by atoms with Crippen molar-refractivity contribution in [1.29, 1.82) is 0 Å². The van der Waals surface area contributed by atoms with Gasteiger partial charge < -0.3 is 20.3 Å². The number of benzene rings is 1. The Hall–Kier alpha value is -1.26. The molecule has 1 heterocycles. The van der Waals surface area contributed by atoms with Crippen LogP contribution in [0.1, 0.15) is 11.6 Å². The van der Waals surface area contributed by atoms with Crippen molar-refractivity contribution in [2.45, 2.75) is 6.04 Å². The molecular formula is C9H11NO3. The molecule has 4 nitrogen and oxygen atoms in total. The third-order valence-corrected chi connectivity index (χ3v) is 2.02. The molecule has 0 saturated carbocycles. The number of aliphatic hydroxyl groups excluding tert-OH is 1. The maximum absolute atomic E-state index is 8.84. The van der Waals surface area contributed by atoms with E-state index in [1.165, 1.54) is 0 Å². The van der Waals surface area contributed by atoms with E-state index in [1.807, 2.05) is 6.07 Å². The van der Waals surface area contributed by atoms with Crippen LogP contribution in [0.2, 0.25) is 0 Å². The fourth-order valence-corrected chi connectivity index (χ4v) is 1.25. The first-order valence-electron chi connectivity index (χ1n) is 4.07. The summed E-state index contributed by atoms with van der Waals surface area (Å²) in [5.41, 5.74) is 6.50. The van der Waals surface area contributed by atoms with Crippen molar-refractivity contribution in [2.24, 2.45) is 5.73 Å². The molecule has 1 aliphatic rings. The molecule has 13 heavy (non-hydrogen) atoms. The molecule has 0 saturated heterocycles. The minimum absolute atomic E-state index is 0.0698. The monoisotopic (exact) mass is 181 g/mol. The second-order valence-electron chi connectivity index (χ2n) is 2.90. The summed E-state index contributed by atoms with van der Waals surface area (Å²) in [4.78, 5) is 0. The Morgan fingerprint density at radius 2 is 2.15 bits per heavy atom. The molecule has 0 unspecified atom stereocenters. The van der Waals surface area contributed by atoms with Gasteiger partial charge in [0.25, 0.3) is 0 Å². The number of aliphatic hydroxyl groups is 1. The SMILES string of the molecule is N[C@H](CO)c1ccc2c(c1)OCO2. The van der Waals surface area contributed by atoms with Gasteiger partial charge in [0.05, 0.1) is 12.6 Å². The average molecular weight is 181 g/mol. The zero-order valence-corrected chi connectivity index (χ0v) is 7.06. The Morgan fingerprint density at radius 1 is 1.38 bits per heavy atom. The van der Waals surface area contributed by atoms with Gasteiger partial charge in [-0.3, -0.25) is 0 Å². The fourth-order valence-electron chi connectivity index (χ4n) is 1.25. The van der Waals surface area contributed by atoms with Crippen molar-refractivity contribution in [3.05, 3.63) is 23.8 Å². The van der Waals surface area contributed by atoms with Gasteiger partial charge in [-0.2, -0.15) is 0 Å². The van der Waals surface area contributed by atoms with Crippen molar-refractivity contribution in [3.63, 3.8) is 0 Å². The van der Waals surface area contributed by atoms with Crippen LogP contribution in [0.3, 0.4) is 0 Å². The summed E-state index contributed by atoms with van der Waals surface area (Å²) in [6, 6.07) is 5.07. The molecular weight excluding hydrogens is 170 g/mol. The van der Waals surface area contributed by atoms with Crippen molar-refractivity contribution in [2.75, 3.05) is 13.4 Å². The average Bonchev–Trinajstić information content (AvgIpc) is 2.63. The Bertz CT molecular complexity index is 314. The highest BCUT2D eigenvalue weighted by molar-refractivity contribution is 5.45. The number of nitrogens with two attached hydrogens (primary N) is 1.